The summed E-state index contributed by atoms with van der Waals surface area (Å²) in [4.78, 5) is 21.0. The SMILES string of the molecule is O=C(NC1CCC12CCOCC2)c1ccc2nccnc2c1. The molecule has 2 fully saturated rings. The fraction of sp³-hybridized carbons (Fsp3) is 0.471. The molecule has 1 spiro atoms. The third kappa shape index (κ3) is 2.25. The quantitative estimate of drug-likeness (QED) is 0.924. The second kappa shape index (κ2) is 5.32. The minimum Gasteiger partial charge on any atom is -0.381 e. The van der Waals surface area contributed by atoms with E-state index in [1.54, 1.807) is 12.4 Å². The van der Waals surface area contributed by atoms with Crippen LogP contribution in [0.5, 0.6) is 0 Å². The molecule has 1 aliphatic heterocycles. The number of carbonyl (C=O) groups is 1. The lowest BCUT2D eigenvalue weighted by molar-refractivity contribution is -0.0523. The topological polar surface area (TPSA) is 64.1 Å². The summed E-state index contributed by atoms with van der Waals surface area (Å²) in [6, 6.07) is 5.76. The van der Waals surface area contributed by atoms with Crippen LogP contribution >= 0.6 is 0 Å². The Hall–Kier alpha value is -2.01. The number of benzene rings is 1. The molecule has 114 valence electrons. The zero-order valence-corrected chi connectivity index (χ0v) is 12.4. The van der Waals surface area contributed by atoms with Gasteiger partial charge in [-0.3, -0.25) is 14.8 Å². The molecule has 1 saturated carbocycles. The highest BCUT2D eigenvalue weighted by molar-refractivity contribution is 5.97. The van der Waals surface area contributed by atoms with Gasteiger partial charge in [-0.2, -0.15) is 0 Å². The van der Waals surface area contributed by atoms with Crippen LogP contribution in [0.3, 0.4) is 0 Å². The van der Waals surface area contributed by atoms with E-state index in [2.05, 4.69) is 15.3 Å². The molecule has 1 amide bonds. The summed E-state index contributed by atoms with van der Waals surface area (Å²) < 4.78 is 5.46. The number of rotatable bonds is 2. The second-order valence-electron chi connectivity index (χ2n) is 6.30. The molecule has 1 atom stereocenters. The highest BCUT2D eigenvalue weighted by atomic mass is 16.5. The smallest absolute Gasteiger partial charge is 0.251 e. The minimum absolute atomic E-state index is 0.0110. The van der Waals surface area contributed by atoms with Crippen molar-refractivity contribution in [2.75, 3.05) is 13.2 Å². The third-order valence-corrected chi connectivity index (χ3v) is 5.20. The number of hydrogen-bond acceptors (Lipinski definition) is 4. The number of ether oxygens (including phenoxy) is 1. The van der Waals surface area contributed by atoms with Crippen LogP contribution in [0.4, 0.5) is 0 Å². The van der Waals surface area contributed by atoms with Crippen LogP contribution in [0.25, 0.3) is 11.0 Å². The van der Waals surface area contributed by atoms with Gasteiger partial charge in [0.1, 0.15) is 0 Å². The van der Waals surface area contributed by atoms with Crippen molar-refractivity contribution < 1.29 is 9.53 Å². The summed E-state index contributed by atoms with van der Waals surface area (Å²) in [5, 5.41) is 3.22. The standard InChI is InChI=1S/C17H19N3O2/c21-16(12-1-2-13-14(11-12)19-8-7-18-13)20-15-3-4-17(15)5-9-22-10-6-17/h1-2,7-8,11,15H,3-6,9-10H2,(H,20,21). The van der Waals surface area contributed by atoms with Gasteiger partial charge < -0.3 is 10.1 Å². The summed E-state index contributed by atoms with van der Waals surface area (Å²) in [5.41, 5.74) is 2.49. The van der Waals surface area contributed by atoms with Gasteiger partial charge in [-0.15, -0.1) is 0 Å². The summed E-state index contributed by atoms with van der Waals surface area (Å²) in [6.45, 7) is 1.63. The van der Waals surface area contributed by atoms with Crippen LogP contribution in [-0.2, 0) is 4.74 Å². The van der Waals surface area contributed by atoms with Crippen molar-refractivity contribution in [3.63, 3.8) is 0 Å². The van der Waals surface area contributed by atoms with E-state index in [-0.39, 0.29) is 17.4 Å². The van der Waals surface area contributed by atoms with Crippen molar-refractivity contribution in [2.24, 2.45) is 5.41 Å². The number of aromatic nitrogens is 2. The van der Waals surface area contributed by atoms with Gasteiger partial charge in [0.25, 0.3) is 5.91 Å². The fourth-order valence-electron chi connectivity index (χ4n) is 3.64. The molecule has 0 radical (unpaired) electrons. The molecule has 1 unspecified atom stereocenters. The van der Waals surface area contributed by atoms with Crippen molar-refractivity contribution in [3.05, 3.63) is 36.2 Å². The van der Waals surface area contributed by atoms with E-state index < -0.39 is 0 Å². The molecule has 1 aromatic carbocycles. The number of amides is 1. The number of hydrogen-bond donors (Lipinski definition) is 1. The van der Waals surface area contributed by atoms with Crippen molar-refractivity contribution in [1.29, 1.82) is 0 Å². The van der Waals surface area contributed by atoms with Gasteiger partial charge in [0.15, 0.2) is 0 Å². The van der Waals surface area contributed by atoms with Crippen LogP contribution in [-0.4, -0.2) is 35.1 Å². The predicted octanol–water partition coefficient (Wildman–Crippen LogP) is 2.32. The van der Waals surface area contributed by atoms with E-state index in [0.29, 0.717) is 5.56 Å². The third-order valence-electron chi connectivity index (χ3n) is 5.20. The van der Waals surface area contributed by atoms with Gasteiger partial charge in [-0.25, -0.2) is 0 Å². The van der Waals surface area contributed by atoms with E-state index in [4.69, 9.17) is 4.74 Å². The van der Waals surface area contributed by atoms with Crippen LogP contribution < -0.4 is 5.32 Å². The lowest BCUT2D eigenvalue weighted by atomic mass is 9.60. The molecule has 2 heterocycles. The molecule has 22 heavy (non-hydrogen) atoms. The Morgan fingerprint density at radius 1 is 1.14 bits per heavy atom. The Morgan fingerprint density at radius 2 is 1.91 bits per heavy atom. The van der Waals surface area contributed by atoms with Gasteiger partial charge in [0, 0.05) is 37.2 Å². The molecule has 1 aliphatic carbocycles. The molecule has 1 N–H and O–H groups in total. The zero-order chi connectivity index (χ0) is 15.0. The first-order valence-electron chi connectivity index (χ1n) is 7.86. The molecule has 4 rings (SSSR count). The van der Waals surface area contributed by atoms with Gasteiger partial charge in [0.2, 0.25) is 0 Å². The molecule has 1 saturated heterocycles. The molecule has 2 aromatic rings. The van der Waals surface area contributed by atoms with Crippen molar-refractivity contribution in [1.82, 2.24) is 15.3 Å². The van der Waals surface area contributed by atoms with Crippen LogP contribution in [0.2, 0.25) is 0 Å². The van der Waals surface area contributed by atoms with Crippen LogP contribution in [0.15, 0.2) is 30.6 Å². The first kappa shape index (κ1) is 13.6. The first-order valence-corrected chi connectivity index (χ1v) is 7.86. The predicted molar refractivity (Wildman–Crippen MR) is 82.5 cm³/mol. The molecule has 5 nitrogen and oxygen atoms in total. The maximum Gasteiger partial charge on any atom is 0.251 e. The molecule has 2 aliphatic rings. The summed E-state index contributed by atoms with van der Waals surface area (Å²) in [7, 11) is 0. The van der Waals surface area contributed by atoms with E-state index >= 15 is 0 Å². The van der Waals surface area contributed by atoms with Crippen molar-refractivity contribution in [2.45, 2.75) is 31.7 Å². The molecule has 1 aromatic heterocycles. The zero-order valence-electron chi connectivity index (χ0n) is 12.4. The average molecular weight is 297 g/mol. The van der Waals surface area contributed by atoms with Crippen molar-refractivity contribution in [3.8, 4) is 0 Å². The van der Waals surface area contributed by atoms with Gasteiger partial charge in [0.05, 0.1) is 11.0 Å². The van der Waals surface area contributed by atoms with Crippen LogP contribution in [0.1, 0.15) is 36.0 Å². The van der Waals surface area contributed by atoms with E-state index in [1.807, 2.05) is 18.2 Å². The molecule has 0 bridgehead atoms. The lowest BCUT2D eigenvalue weighted by Crippen LogP contribution is -2.57. The largest absolute Gasteiger partial charge is 0.381 e. The summed E-state index contributed by atoms with van der Waals surface area (Å²) in [5.74, 6) is -0.0110. The Kier molecular flexibility index (Phi) is 3.30. The first-order chi connectivity index (χ1) is 10.8. The van der Waals surface area contributed by atoms with Gasteiger partial charge in [-0.05, 0) is 49.3 Å². The maximum absolute atomic E-state index is 12.5. The van der Waals surface area contributed by atoms with Gasteiger partial charge >= 0.3 is 0 Å². The Morgan fingerprint density at radius 3 is 2.64 bits per heavy atom. The van der Waals surface area contributed by atoms with Crippen LogP contribution in [0, 0.1) is 5.41 Å². The summed E-state index contributed by atoms with van der Waals surface area (Å²) in [6.07, 6.45) is 7.68. The highest BCUT2D eigenvalue weighted by Crippen LogP contribution is 2.48. The van der Waals surface area contributed by atoms with Crippen molar-refractivity contribution >= 4 is 16.9 Å². The Balaban J connectivity index is 1.51. The number of fused-ring (bicyclic) bond motifs is 1. The van der Waals surface area contributed by atoms with E-state index in [0.717, 1.165) is 43.5 Å². The highest BCUT2D eigenvalue weighted by Gasteiger charge is 2.47. The van der Waals surface area contributed by atoms with E-state index in [9.17, 15) is 4.79 Å². The second-order valence-corrected chi connectivity index (χ2v) is 6.30. The molecular formula is C17H19N3O2. The molecular weight excluding hydrogens is 278 g/mol. The number of carbonyl (C=O) groups excluding carboxylic acids is 1. The Labute approximate surface area is 129 Å². The summed E-state index contributed by atoms with van der Waals surface area (Å²) >= 11 is 0. The minimum atomic E-state index is -0.0110. The number of nitrogens with zero attached hydrogens (tertiary/aromatic N) is 2. The maximum atomic E-state index is 12.5. The van der Waals surface area contributed by atoms with E-state index in [1.165, 1.54) is 6.42 Å². The molecule has 5 heteroatoms. The Bertz CT molecular complexity index is 710. The number of nitrogens with one attached hydrogen (secondary N) is 1. The monoisotopic (exact) mass is 297 g/mol. The average Bonchev–Trinajstić information content (AvgIpc) is 2.59. The lowest BCUT2D eigenvalue weighted by Gasteiger charge is -2.52. The van der Waals surface area contributed by atoms with Gasteiger partial charge in [-0.1, -0.05) is 0 Å². The normalized spacial score (nSPS) is 23.2. The fourth-order valence-corrected chi connectivity index (χ4v) is 3.64.